The summed E-state index contributed by atoms with van der Waals surface area (Å²) < 4.78 is 10.2. The molecule has 0 spiro atoms. The molecular formula is C29H38N2. The van der Waals surface area contributed by atoms with Crippen LogP contribution in [0.15, 0.2) is 48.5 Å². The number of fused-ring (bicyclic) bond motifs is 3. The molecule has 0 N–H and O–H groups in total. The van der Waals surface area contributed by atoms with E-state index in [0.717, 1.165) is 0 Å². The van der Waals surface area contributed by atoms with Gasteiger partial charge in [0.25, 0.3) is 0 Å². The lowest BCUT2D eigenvalue weighted by molar-refractivity contribution is 0.0650. The molecular weight excluding hydrogens is 376 g/mol. The number of nitrogens with zero attached hydrogens (tertiary/aromatic N) is 2. The van der Waals surface area contributed by atoms with Gasteiger partial charge in [-0.2, -0.15) is 0 Å². The van der Waals surface area contributed by atoms with Gasteiger partial charge in [0.15, 0.2) is 0 Å². The smallest absolute Gasteiger partial charge is 0.0864 e. The molecule has 2 aromatic rings. The SMILES string of the molecule is [2H]C1(C2CCCC2)c2ccccc2C2[C@H](C)N(c3ccccc3C)C(C3CCCCC3)N21. The minimum atomic E-state index is -0.592. The van der Waals surface area contributed by atoms with E-state index in [0.29, 0.717) is 30.1 Å². The molecule has 2 aromatic carbocycles. The minimum absolute atomic E-state index is 0.316. The Bertz CT molecular complexity index is 977. The van der Waals surface area contributed by atoms with Crippen molar-refractivity contribution in [1.82, 2.24) is 4.90 Å². The normalized spacial score (nSPS) is 34.7. The Kier molecular flexibility index (Phi) is 4.81. The molecule has 2 saturated carbocycles. The molecule has 31 heavy (non-hydrogen) atoms. The summed E-state index contributed by atoms with van der Waals surface area (Å²) in [5.41, 5.74) is 5.50. The molecule has 6 rings (SSSR count). The molecule has 3 unspecified atom stereocenters. The summed E-state index contributed by atoms with van der Waals surface area (Å²) in [6.45, 7) is 4.70. The second-order valence-electron chi connectivity index (χ2n) is 10.6. The average molecular weight is 416 g/mol. The van der Waals surface area contributed by atoms with Crippen LogP contribution in [0.4, 0.5) is 5.69 Å². The van der Waals surface area contributed by atoms with Crippen LogP contribution in [0.2, 0.25) is 0 Å². The van der Waals surface area contributed by atoms with Crippen molar-refractivity contribution in [2.24, 2.45) is 11.8 Å². The molecule has 164 valence electrons. The lowest BCUT2D eigenvalue weighted by Gasteiger charge is -2.43. The molecule has 2 heterocycles. The van der Waals surface area contributed by atoms with Gasteiger partial charge in [-0.05, 0) is 74.1 Å². The highest BCUT2D eigenvalue weighted by molar-refractivity contribution is 5.58. The molecule has 1 saturated heterocycles. The van der Waals surface area contributed by atoms with Crippen LogP contribution in [-0.4, -0.2) is 17.1 Å². The standard InChI is InChI=1S/C29H38N2/c1-20-12-6-11-19-26(20)30-21(2)27-24-17-9-10-18-25(24)28(22-13-7-8-14-22)31(27)29(30)23-15-4-3-5-16-23/h6,9-12,17-19,21-23,27-29H,3-5,7-8,13-16H2,1-2H3/t21-,27?,28?,29?/m0/s1/i28D. The molecule has 2 aliphatic heterocycles. The molecule has 0 aromatic heterocycles. The summed E-state index contributed by atoms with van der Waals surface area (Å²) in [5.74, 6) is 1.10. The Hall–Kier alpha value is -1.80. The third-order valence-electron chi connectivity index (χ3n) is 8.81. The zero-order valence-corrected chi connectivity index (χ0v) is 19.3. The van der Waals surface area contributed by atoms with Crippen LogP contribution in [-0.2, 0) is 0 Å². The monoisotopic (exact) mass is 415 g/mol. The summed E-state index contributed by atoms with van der Waals surface area (Å²) in [6, 6.07) is 18.1. The van der Waals surface area contributed by atoms with Gasteiger partial charge in [0.1, 0.15) is 0 Å². The van der Waals surface area contributed by atoms with E-state index in [4.69, 9.17) is 0 Å². The number of hydrogen-bond acceptors (Lipinski definition) is 2. The Morgan fingerprint density at radius 2 is 1.39 bits per heavy atom. The van der Waals surface area contributed by atoms with Crippen molar-refractivity contribution >= 4 is 5.69 Å². The Balaban J connectivity index is 1.54. The van der Waals surface area contributed by atoms with Crippen molar-refractivity contribution in [2.45, 2.75) is 95.9 Å². The first-order valence-corrected chi connectivity index (χ1v) is 12.8. The molecule has 2 nitrogen and oxygen atoms in total. The number of aryl methyl sites for hydroxylation is 1. The molecule has 0 bridgehead atoms. The summed E-state index contributed by atoms with van der Waals surface area (Å²) in [5, 5.41) is 0. The van der Waals surface area contributed by atoms with Gasteiger partial charge in [-0.1, -0.05) is 74.6 Å². The van der Waals surface area contributed by atoms with E-state index in [2.05, 4.69) is 72.2 Å². The predicted molar refractivity (Wildman–Crippen MR) is 129 cm³/mol. The van der Waals surface area contributed by atoms with Crippen molar-refractivity contribution in [3.05, 3.63) is 65.2 Å². The minimum Gasteiger partial charge on any atom is -0.351 e. The van der Waals surface area contributed by atoms with Crippen LogP contribution in [0, 0.1) is 18.8 Å². The van der Waals surface area contributed by atoms with Gasteiger partial charge in [0.2, 0.25) is 0 Å². The number of hydrogen-bond donors (Lipinski definition) is 0. The maximum atomic E-state index is 10.2. The van der Waals surface area contributed by atoms with Crippen LogP contribution in [0.3, 0.4) is 0 Å². The highest BCUT2D eigenvalue weighted by Gasteiger charge is 2.57. The first-order chi connectivity index (χ1) is 15.6. The zero-order valence-electron chi connectivity index (χ0n) is 20.3. The number of benzene rings is 2. The maximum Gasteiger partial charge on any atom is 0.0864 e. The lowest BCUT2D eigenvalue weighted by Crippen LogP contribution is -2.48. The van der Waals surface area contributed by atoms with Gasteiger partial charge >= 0.3 is 0 Å². The van der Waals surface area contributed by atoms with E-state index in [1.807, 2.05) is 0 Å². The first kappa shape index (κ1) is 18.7. The largest absolute Gasteiger partial charge is 0.351 e. The van der Waals surface area contributed by atoms with Gasteiger partial charge in [0.05, 0.1) is 13.6 Å². The number of rotatable bonds is 3. The molecule has 2 heteroatoms. The molecule has 4 atom stereocenters. The highest BCUT2D eigenvalue weighted by Crippen LogP contribution is 2.58. The van der Waals surface area contributed by atoms with Gasteiger partial charge in [-0.3, -0.25) is 4.90 Å². The van der Waals surface area contributed by atoms with E-state index in [1.165, 1.54) is 80.2 Å². The number of anilines is 1. The number of para-hydroxylation sites is 1. The van der Waals surface area contributed by atoms with E-state index in [-0.39, 0.29) is 0 Å². The third-order valence-corrected chi connectivity index (χ3v) is 8.81. The fourth-order valence-corrected chi connectivity index (χ4v) is 7.48. The summed E-state index contributed by atoms with van der Waals surface area (Å²) in [4.78, 5) is 5.49. The van der Waals surface area contributed by atoms with Crippen molar-refractivity contribution in [1.29, 1.82) is 0 Å². The molecule has 3 fully saturated rings. The van der Waals surface area contributed by atoms with E-state index in [1.54, 1.807) is 0 Å². The van der Waals surface area contributed by atoms with Gasteiger partial charge in [-0.25, -0.2) is 0 Å². The van der Waals surface area contributed by atoms with Crippen LogP contribution in [0.25, 0.3) is 0 Å². The van der Waals surface area contributed by atoms with Crippen LogP contribution < -0.4 is 4.90 Å². The Labute approximate surface area is 190 Å². The summed E-state index contributed by atoms with van der Waals surface area (Å²) in [7, 11) is 0. The fourth-order valence-electron chi connectivity index (χ4n) is 7.48. The Morgan fingerprint density at radius 1 is 0.774 bits per heavy atom. The topological polar surface area (TPSA) is 6.48 Å². The van der Waals surface area contributed by atoms with Crippen molar-refractivity contribution < 1.29 is 1.37 Å². The van der Waals surface area contributed by atoms with E-state index >= 15 is 0 Å². The van der Waals surface area contributed by atoms with Crippen molar-refractivity contribution in [3.8, 4) is 0 Å². The molecule has 0 radical (unpaired) electrons. The second-order valence-corrected chi connectivity index (χ2v) is 10.6. The van der Waals surface area contributed by atoms with Gasteiger partial charge in [-0.15, -0.1) is 0 Å². The molecule has 4 aliphatic rings. The Morgan fingerprint density at radius 3 is 2.13 bits per heavy atom. The van der Waals surface area contributed by atoms with Crippen LogP contribution in [0.5, 0.6) is 0 Å². The lowest BCUT2D eigenvalue weighted by atomic mass is 9.84. The van der Waals surface area contributed by atoms with Gasteiger partial charge < -0.3 is 4.90 Å². The first-order valence-electron chi connectivity index (χ1n) is 13.3. The fraction of sp³-hybridized carbons (Fsp3) is 0.586. The van der Waals surface area contributed by atoms with Gasteiger partial charge in [0, 0.05) is 17.7 Å². The second kappa shape index (κ2) is 7.96. The summed E-state index contributed by atoms with van der Waals surface area (Å²) in [6.07, 6.45) is 12.0. The van der Waals surface area contributed by atoms with Crippen molar-refractivity contribution in [2.75, 3.05) is 4.90 Å². The van der Waals surface area contributed by atoms with Crippen LogP contribution in [0.1, 0.15) is 94.8 Å². The zero-order chi connectivity index (χ0) is 21.9. The van der Waals surface area contributed by atoms with E-state index < -0.39 is 6.02 Å². The highest BCUT2D eigenvalue weighted by atomic mass is 15.5. The van der Waals surface area contributed by atoms with Crippen molar-refractivity contribution in [3.63, 3.8) is 0 Å². The third kappa shape index (κ3) is 3.09. The maximum absolute atomic E-state index is 10.2. The van der Waals surface area contributed by atoms with Crippen LogP contribution >= 0.6 is 0 Å². The molecule has 0 amide bonds. The summed E-state index contributed by atoms with van der Waals surface area (Å²) >= 11 is 0. The quantitative estimate of drug-likeness (QED) is 0.515. The predicted octanol–water partition coefficient (Wildman–Crippen LogP) is 7.40. The van der Waals surface area contributed by atoms with E-state index in [9.17, 15) is 1.37 Å². The molecule has 2 aliphatic carbocycles. The average Bonchev–Trinajstić information content (AvgIpc) is 3.52.